The van der Waals surface area contributed by atoms with Gasteiger partial charge in [0.05, 0.1) is 4.92 Å². The molecule has 1 fully saturated rings. The molecule has 6 nitrogen and oxygen atoms in total. The minimum absolute atomic E-state index is 0.0142. The Balaban J connectivity index is 1.74. The van der Waals surface area contributed by atoms with E-state index in [4.69, 9.17) is 0 Å². The van der Waals surface area contributed by atoms with Crippen LogP contribution in [0.5, 0.6) is 0 Å². The Morgan fingerprint density at radius 1 is 1.08 bits per heavy atom. The average molecular weight is 353 g/mol. The number of hydrogen-bond acceptors (Lipinski definition) is 4. The quantitative estimate of drug-likeness (QED) is 0.605. The van der Waals surface area contributed by atoms with Crippen LogP contribution in [-0.4, -0.2) is 35.9 Å². The number of carbonyl (C=O) groups excluding carboxylic acids is 1. The van der Waals surface area contributed by atoms with E-state index in [0.29, 0.717) is 12.1 Å². The molecular weight excluding hydrogens is 330 g/mol. The van der Waals surface area contributed by atoms with Crippen LogP contribution >= 0.6 is 0 Å². The van der Waals surface area contributed by atoms with Crippen LogP contribution in [0.1, 0.15) is 35.2 Å². The summed E-state index contributed by atoms with van der Waals surface area (Å²) >= 11 is 0. The van der Waals surface area contributed by atoms with Gasteiger partial charge in [-0.25, -0.2) is 0 Å². The summed E-state index contributed by atoms with van der Waals surface area (Å²) in [4.78, 5) is 27.0. The van der Waals surface area contributed by atoms with E-state index in [0.717, 1.165) is 18.7 Å². The fourth-order valence-corrected chi connectivity index (χ4v) is 3.36. The highest BCUT2D eigenvalue weighted by Crippen LogP contribution is 2.25. The first-order chi connectivity index (χ1) is 12.6. The summed E-state index contributed by atoms with van der Waals surface area (Å²) < 4.78 is 0. The van der Waals surface area contributed by atoms with E-state index >= 15 is 0 Å². The molecule has 3 rings (SSSR count). The molecule has 0 unspecified atom stereocenters. The van der Waals surface area contributed by atoms with E-state index in [9.17, 15) is 14.9 Å². The number of nitro groups is 1. The molecule has 1 aliphatic heterocycles. The van der Waals surface area contributed by atoms with Gasteiger partial charge in [-0.1, -0.05) is 18.2 Å². The molecule has 1 heterocycles. The first-order valence-corrected chi connectivity index (χ1v) is 8.89. The lowest BCUT2D eigenvalue weighted by Gasteiger charge is -2.31. The smallest absolute Gasteiger partial charge is 0.269 e. The van der Waals surface area contributed by atoms with Gasteiger partial charge >= 0.3 is 0 Å². The van der Waals surface area contributed by atoms with Crippen LogP contribution in [0, 0.1) is 10.1 Å². The molecule has 26 heavy (non-hydrogen) atoms. The van der Waals surface area contributed by atoms with Gasteiger partial charge in [0.15, 0.2) is 0 Å². The second kappa shape index (κ2) is 7.99. The van der Waals surface area contributed by atoms with Gasteiger partial charge in [0.25, 0.3) is 11.6 Å². The number of amides is 1. The van der Waals surface area contributed by atoms with E-state index in [1.54, 1.807) is 11.9 Å². The van der Waals surface area contributed by atoms with Gasteiger partial charge in [-0.3, -0.25) is 14.9 Å². The molecular formula is C20H23N3O3. The van der Waals surface area contributed by atoms with Crippen LogP contribution in [0.3, 0.4) is 0 Å². The third-order valence-electron chi connectivity index (χ3n) is 4.77. The predicted molar refractivity (Wildman–Crippen MR) is 101 cm³/mol. The van der Waals surface area contributed by atoms with Crippen molar-refractivity contribution in [3.8, 4) is 0 Å². The van der Waals surface area contributed by atoms with E-state index in [-0.39, 0.29) is 11.6 Å². The molecule has 0 saturated carbocycles. The third-order valence-corrected chi connectivity index (χ3v) is 4.77. The van der Waals surface area contributed by atoms with E-state index in [2.05, 4.69) is 17.0 Å². The number of hydrogen-bond donors (Lipinski definition) is 0. The maximum atomic E-state index is 12.7. The van der Waals surface area contributed by atoms with Gasteiger partial charge in [-0.15, -0.1) is 0 Å². The first-order valence-electron chi connectivity index (χ1n) is 8.89. The zero-order valence-corrected chi connectivity index (χ0v) is 14.9. The molecule has 6 heteroatoms. The molecule has 0 spiro atoms. The molecule has 1 saturated heterocycles. The highest BCUT2D eigenvalue weighted by atomic mass is 16.6. The summed E-state index contributed by atoms with van der Waals surface area (Å²) in [5, 5.41) is 10.8. The minimum atomic E-state index is -0.465. The lowest BCUT2D eigenvalue weighted by atomic mass is 10.1. The Bertz CT molecular complexity index is 783. The zero-order valence-electron chi connectivity index (χ0n) is 14.9. The van der Waals surface area contributed by atoms with Gasteiger partial charge in [0.2, 0.25) is 0 Å². The molecule has 0 atom stereocenters. The summed E-state index contributed by atoms with van der Waals surface area (Å²) in [6.07, 6.45) is 3.68. The van der Waals surface area contributed by atoms with Crippen LogP contribution < -0.4 is 4.90 Å². The van der Waals surface area contributed by atoms with E-state index in [1.807, 2.05) is 12.1 Å². The summed E-state index contributed by atoms with van der Waals surface area (Å²) in [5.74, 6) is -0.145. The number of anilines is 1. The van der Waals surface area contributed by atoms with Crippen LogP contribution in [0.25, 0.3) is 0 Å². The maximum absolute atomic E-state index is 12.7. The Kier molecular flexibility index (Phi) is 5.51. The SMILES string of the molecule is CN(Cc1ccccc1N1CCCCC1)C(=O)c1ccc([N+](=O)[O-])cc1. The van der Waals surface area contributed by atoms with Gasteiger partial charge < -0.3 is 9.80 Å². The highest BCUT2D eigenvalue weighted by molar-refractivity contribution is 5.94. The standard InChI is InChI=1S/C20H23N3O3/c1-21(20(24)16-9-11-18(12-10-16)23(25)26)15-17-7-3-4-8-19(17)22-13-5-2-6-14-22/h3-4,7-12H,2,5-6,13-15H2,1H3. The van der Waals surface area contributed by atoms with Gasteiger partial charge in [0, 0.05) is 50.1 Å². The monoisotopic (exact) mass is 353 g/mol. The number of carbonyl (C=O) groups is 1. The van der Waals surface area contributed by atoms with Crippen LogP contribution in [0.15, 0.2) is 48.5 Å². The van der Waals surface area contributed by atoms with E-state index < -0.39 is 4.92 Å². The summed E-state index contributed by atoms with van der Waals surface area (Å²) in [6, 6.07) is 13.9. The van der Waals surface area contributed by atoms with Crippen molar-refractivity contribution in [2.75, 3.05) is 25.0 Å². The number of rotatable bonds is 5. The average Bonchev–Trinajstić information content (AvgIpc) is 2.68. The molecule has 2 aromatic rings. The predicted octanol–water partition coefficient (Wildman–Crippen LogP) is 3.86. The van der Waals surface area contributed by atoms with Gasteiger partial charge in [-0.05, 0) is 43.0 Å². The number of para-hydroxylation sites is 1. The highest BCUT2D eigenvalue weighted by Gasteiger charge is 2.18. The summed E-state index contributed by atoms with van der Waals surface area (Å²) in [5.41, 5.74) is 2.75. The fraction of sp³-hybridized carbons (Fsp3) is 0.350. The van der Waals surface area contributed by atoms with Crippen LogP contribution in [0.4, 0.5) is 11.4 Å². The number of nitrogens with zero attached hydrogens (tertiary/aromatic N) is 3. The fourth-order valence-electron chi connectivity index (χ4n) is 3.36. The molecule has 0 radical (unpaired) electrons. The molecule has 0 aromatic heterocycles. The van der Waals surface area contributed by atoms with Crippen molar-refractivity contribution in [2.24, 2.45) is 0 Å². The minimum Gasteiger partial charge on any atom is -0.371 e. The summed E-state index contributed by atoms with van der Waals surface area (Å²) in [7, 11) is 1.76. The van der Waals surface area contributed by atoms with Crippen molar-refractivity contribution < 1.29 is 9.72 Å². The van der Waals surface area contributed by atoms with Crippen molar-refractivity contribution in [1.29, 1.82) is 0 Å². The Morgan fingerprint density at radius 3 is 2.38 bits per heavy atom. The zero-order chi connectivity index (χ0) is 18.5. The van der Waals surface area contributed by atoms with Gasteiger partial charge in [-0.2, -0.15) is 0 Å². The second-order valence-electron chi connectivity index (χ2n) is 6.64. The lowest BCUT2D eigenvalue weighted by Crippen LogP contribution is -2.32. The van der Waals surface area contributed by atoms with Crippen molar-refractivity contribution in [3.05, 3.63) is 69.8 Å². The first kappa shape index (κ1) is 17.9. The van der Waals surface area contributed by atoms with Crippen molar-refractivity contribution >= 4 is 17.3 Å². The Morgan fingerprint density at radius 2 is 1.73 bits per heavy atom. The molecule has 1 amide bonds. The summed E-state index contributed by atoms with van der Waals surface area (Å²) in [6.45, 7) is 2.61. The Hall–Kier alpha value is -2.89. The second-order valence-corrected chi connectivity index (χ2v) is 6.64. The normalized spacial score (nSPS) is 14.1. The number of benzene rings is 2. The lowest BCUT2D eigenvalue weighted by molar-refractivity contribution is -0.384. The molecule has 136 valence electrons. The molecule has 0 bridgehead atoms. The van der Waals surface area contributed by atoms with Crippen molar-refractivity contribution in [1.82, 2.24) is 4.90 Å². The van der Waals surface area contributed by atoms with Gasteiger partial charge in [0.1, 0.15) is 0 Å². The Labute approximate surface area is 153 Å². The molecule has 0 N–H and O–H groups in total. The molecule has 2 aromatic carbocycles. The van der Waals surface area contributed by atoms with Crippen LogP contribution in [-0.2, 0) is 6.54 Å². The largest absolute Gasteiger partial charge is 0.371 e. The van der Waals surface area contributed by atoms with Crippen molar-refractivity contribution in [3.63, 3.8) is 0 Å². The number of nitro benzene ring substituents is 1. The van der Waals surface area contributed by atoms with E-state index in [1.165, 1.54) is 49.2 Å². The number of non-ortho nitro benzene ring substituents is 1. The third kappa shape index (κ3) is 4.02. The number of piperidine rings is 1. The molecule has 0 aliphatic carbocycles. The van der Waals surface area contributed by atoms with Crippen molar-refractivity contribution in [2.45, 2.75) is 25.8 Å². The van der Waals surface area contributed by atoms with Crippen LogP contribution in [0.2, 0.25) is 0 Å². The molecule has 1 aliphatic rings. The maximum Gasteiger partial charge on any atom is 0.269 e. The topological polar surface area (TPSA) is 66.7 Å².